The molecule has 6 unspecified atom stereocenters. The molecule has 3 heterocycles. The fourth-order valence-corrected chi connectivity index (χ4v) is 5.94. The minimum absolute atomic E-state index is 0.0446. The summed E-state index contributed by atoms with van der Waals surface area (Å²) in [6, 6.07) is 2.52. The highest BCUT2D eigenvalue weighted by Gasteiger charge is 2.52. The van der Waals surface area contributed by atoms with Gasteiger partial charge in [-0.05, 0) is 49.5 Å². The Morgan fingerprint density at radius 2 is 1.95 bits per heavy atom. The van der Waals surface area contributed by atoms with Crippen molar-refractivity contribution in [2.45, 2.75) is 68.7 Å². The van der Waals surface area contributed by atoms with Crippen molar-refractivity contribution in [1.29, 1.82) is 0 Å². The standard InChI is InChI=1S/C27H36N2O9/c1-35-21-11-15(14-31)10-17-22-18(26(33)28-6-7-30)12-19(23(32)25(22)38-24(17)21)29(13-16-4-2-8-36-16)27(34)20-5-3-9-37-20/h10-12,16,19-20,22-23,25,30-32H,2-9,13-14H2,1H3,(H,28,33). The van der Waals surface area contributed by atoms with Gasteiger partial charge in [0.1, 0.15) is 18.3 Å². The molecule has 2 fully saturated rings. The molecular formula is C27H36N2O9. The average molecular weight is 533 g/mol. The van der Waals surface area contributed by atoms with E-state index in [4.69, 9.17) is 18.9 Å². The van der Waals surface area contributed by atoms with E-state index in [0.717, 1.165) is 19.3 Å². The Bertz CT molecular complexity index is 1060. The monoisotopic (exact) mass is 532 g/mol. The zero-order chi connectivity index (χ0) is 26.8. The molecular weight excluding hydrogens is 496 g/mol. The van der Waals surface area contributed by atoms with Crippen LogP contribution in [0, 0.1) is 0 Å². The Balaban J connectivity index is 1.56. The molecule has 2 saturated heterocycles. The van der Waals surface area contributed by atoms with Crippen molar-refractivity contribution in [2.24, 2.45) is 0 Å². The second-order valence-electron chi connectivity index (χ2n) is 10.1. The zero-order valence-electron chi connectivity index (χ0n) is 21.5. The number of hydrogen-bond donors (Lipinski definition) is 4. The third-order valence-electron chi connectivity index (χ3n) is 7.77. The Morgan fingerprint density at radius 1 is 1.16 bits per heavy atom. The van der Waals surface area contributed by atoms with Gasteiger partial charge < -0.3 is 44.5 Å². The van der Waals surface area contributed by atoms with Gasteiger partial charge in [-0.2, -0.15) is 0 Å². The van der Waals surface area contributed by atoms with Crippen molar-refractivity contribution in [3.05, 3.63) is 34.9 Å². The van der Waals surface area contributed by atoms with Gasteiger partial charge in [0.15, 0.2) is 11.5 Å². The molecule has 0 radical (unpaired) electrons. The number of rotatable bonds is 9. The largest absolute Gasteiger partial charge is 0.493 e. The number of carbonyl (C=O) groups is 2. The van der Waals surface area contributed by atoms with E-state index >= 15 is 0 Å². The van der Waals surface area contributed by atoms with Gasteiger partial charge in [-0.25, -0.2) is 0 Å². The van der Waals surface area contributed by atoms with E-state index in [0.29, 0.717) is 47.8 Å². The SMILES string of the molecule is COc1cc(CO)cc2c1OC1C2C(C(=O)NCCO)=CC(N(CC2CCCO2)C(=O)C2CCCO2)C1O. The first-order valence-corrected chi connectivity index (χ1v) is 13.3. The molecule has 2 amide bonds. The smallest absolute Gasteiger partial charge is 0.252 e. The summed E-state index contributed by atoms with van der Waals surface area (Å²) in [6.07, 6.45) is 1.83. The van der Waals surface area contributed by atoms with Gasteiger partial charge in [0, 0.05) is 37.4 Å². The first-order chi connectivity index (χ1) is 18.5. The summed E-state index contributed by atoms with van der Waals surface area (Å²) < 4.78 is 23.3. The molecule has 208 valence electrons. The third-order valence-corrected chi connectivity index (χ3v) is 7.77. The zero-order valence-corrected chi connectivity index (χ0v) is 21.5. The minimum Gasteiger partial charge on any atom is -0.493 e. The molecule has 1 aromatic carbocycles. The van der Waals surface area contributed by atoms with E-state index in [2.05, 4.69) is 5.32 Å². The maximum Gasteiger partial charge on any atom is 0.252 e. The van der Waals surface area contributed by atoms with Crippen LogP contribution in [-0.2, 0) is 25.7 Å². The highest BCUT2D eigenvalue weighted by atomic mass is 16.5. The number of benzene rings is 1. The number of aliphatic hydroxyl groups is 3. The predicted octanol–water partition coefficient (Wildman–Crippen LogP) is -0.00330. The van der Waals surface area contributed by atoms with E-state index in [1.165, 1.54) is 7.11 Å². The van der Waals surface area contributed by atoms with Crippen molar-refractivity contribution >= 4 is 11.8 Å². The Kier molecular flexibility index (Phi) is 8.20. The Hall–Kier alpha value is -2.70. The van der Waals surface area contributed by atoms with Crippen molar-refractivity contribution in [2.75, 3.05) is 40.0 Å². The van der Waals surface area contributed by atoms with Crippen molar-refractivity contribution in [3.8, 4) is 11.5 Å². The molecule has 0 saturated carbocycles. The normalized spacial score (nSPS) is 29.7. The van der Waals surface area contributed by atoms with Gasteiger partial charge in [0.25, 0.3) is 5.91 Å². The van der Waals surface area contributed by atoms with Crippen LogP contribution in [0.2, 0.25) is 0 Å². The number of nitrogens with one attached hydrogen (secondary N) is 1. The average Bonchev–Trinajstić information content (AvgIpc) is 3.71. The van der Waals surface area contributed by atoms with Crippen LogP contribution in [0.1, 0.15) is 42.7 Å². The highest BCUT2D eigenvalue weighted by Crippen LogP contribution is 2.51. The predicted molar refractivity (Wildman–Crippen MR) is 134 cm³/mol. The third kappa shape index (κ3) is 5.01. The lowest BCUT2D eigenvalue weighted by atomic mass is 9.77. The lowest BCUT2D eigenvalue weighted by molar-refractivity contribution is -0.148. The second kappa shape index (κ2) is 11.6. The first-order valence-electron chi connectivity index (χ1n) is 13.3. The molecule has 11 heteroatoms. The minimum atomic E-state index is -1.17. The first kappa shape index (κ1) is 26.9. The van der Waals surface area contributed by atoms with E-state index in [9.17, 15) is 24.9 Å². The number of methoxy groups -OCH3 is 1. The van der Waals surface area contributed by atoms with Gasteiger partial charge in [0.05, 0.1) is 38.4 Å². The Labute approximate surface area is 221 Å². The number of ether oxygens (including phenoxy) is 4. The molecule has 0 aromatic heterocycles. The summed E-state index contributed by atoms with van der Waals surface area (Å²) in [6.45, 7) is 0.927. The number of hydrogen-bond acceptors (Lipinski definition) is 9. The summed E-state index contributed by atoms with van der Waals surface area (Å²) in [7, 11) is 1.48. The van der Waals surface area contributed by atoms with E-state index in [-0.39, 0.29) is 38.3 Å². The van der Waals surface area contributed by atoms with E-state index in [1.54, 1.807) is 23.1 Å². The van der Waals surface area contributed by atoms with Gasteiger partial charge in [-0.3, -0.25) is 9.59 Å². The van der Waals surface area contributed by atoms with Crippen LogP contribution >= 0.6 is 0 Å². The summed E-state index contributed by atoms with van der Waals surface area (Å²) in [5, 5.41) is 33.5. The van der Waals surface area contributed by atoms with Gasteiger partial charge >= 0.3 is 0 Å². The van der Waals surface area contributed by atoms with Crippen LogP contribution < -0.4 is 14.8 Å². The van der Waals surface area contributed by atoms with Crippen LogP contribution in [0.3, 0.4) is 0 Å². The fourth-order valence-electron chi connectivity index (χ4n) is 5.94. The molecule has 3 aliphatic heterocycles. The van der Waals surface area contributed by atoms with Gasteiger partial charge in [0.2, 0.25) is 5.91 Å². The number of carbonyl (C=O) groups excluding carboxylic acids is 2. The highest BCUT2D eigenvalue weighted by molar-refractivity contribution is 5.96. The van der Waals surface area contributed by atoms with E-state index < -0.39 is 36.2 Å². The topological polar surface area (TPSA) is 147 Å². The molecule has 5 rings (SSSR count). The molecule has 38 heavy (non-hydrogen) atoms. The summed E-state index contributed by atoms with van der Waals surface area (Å²) in [5.41, 5.74) is 1.50. The lowest BCUT2D eigenvalue weighted by Crippen LogP contribution is -2.58. The van der Waals surface area contributed by atoms with Crippen molar-refractivity contribution in [3.63, 3.8) is 0 Å². The van der Waals surface area contributed by atoms with Crippen molar-refractivity contribution in [1.82, 2.24) is 10.2 Å². The summed E-state index contributed by atoms with van der Waals surface area (Å²) in [5.74, 6) is -0.583. The number of fused-ring (bicyclic) bond motifs is 3. The van der Waals surface area contributed by atoms with Crippen LogP contribution in [0.25, 0.3) is 0 Å². The number of nitrogens with zero attached hydrogens (tertiary/aromatic N) is 1. The molecule has 0 bridgehead atoms. The maximum absolute atomic E-state index is 13.7. The van der Waals surface area contributed by atoms with Gasteiger partial charge in [-0.1, -0.05) is 0 Å². The second-order valence-corrected chi connectivity index (χ2v) is 10.1. The van der Waals surface area contributed by atoms with Crippen LogP contribution in [0.4, 0.5) is 0 Å². The quantitative estimate of drug-likeness (QED) is 0.345. The van der Waals surface area contributed by atoms with Gasteiger partial charge in [-0.15, -0.1) is 0 Å². The number of aliphatic hydroxyl groups excluding tert-OH is 3. The number of amides is 2. The molecule has 1 aromatic rings. The lowest BCUT2D eigenvalue weighted by Gasteiger charge is -2.42. The van der Waals surface area contributed by atoms with Crippen LogP contribution in [0.5, 0.6) is 11.5 Å². The maximum atomic E-state index is 13.7. The molecule has 4 N–H and O–H groups in total. The molecule has 11 nitrogen and oxygen atoms in total. The van der Waals surface area contributed by atoms with Crippen LogP contribution in [0.15, 0.2) is 23.8 Å². The molecule has 1 aliphatic carbocycles. The van der Waals surface area contributed by atoms with E-state index in [1.807, 2.05) is 0 Å². The van der Waals surface area contributed by atoms with Crippen molar-refractivity contribution < 1.29 is 43.9 Å². The molecule has 6 atom stereocenters. The summed E-state index contributed by atoms with van der Waals surface area (Å²) in [4.78, 5) is 28.7. The molecule has 4 aliphatic rings. The fraction of sp³-hybridized carbons (Fsp3) is 0.630. The Morgan fingerprint density at radius 3 is 2.61 bits per heavy atom. The van der Waals surface area contributed by atoms with Crippen LogP contribution in [-0.4, -0.2) is 103 Å². The molecule has 0 spiro atoms. The summed E-state index contributed by atoms with van der Waals surface area (Å²) >= 11 is 0.